The first kappa shape index (κ1) is 10.3. The van der Waals surface area contributed by atoms with E-state index in [0.717, 1.165) is 5.56 Å². The van der Waals surface area contributed by atoms with E-state index < -0.39 is 0 Å². The predicted molar refractivity (Wildman–Crippen MR) is 69.2 cm³/mol. The monoisotopic (exact) mass is 222 g/mol. The second-order valence-corrected chi connectivity index (χ2v) is 4.66. The Morgan fingerprint density at radius 1 is 0.941 bits per heavy atom. The van der Waals surface area contributed by atoms with Crippen LogP contribution in [0.3, 0.4) is 0 Å². The molecule has 1 unspecified atom stereocenters. The highest BCUT2D eigenvalue weighted by atomic mass is 16.1. The normalized spacial score (nSPS) is 18.2. The molecule has 0 amide bonds. The van der Waals surface area contributed by atoms with Gasteiger partial charge in [0, 0.05) is 12.0 Å². The topological polar surface area (TPSA) is 17.1 Å². The molecule has 1 atom stereocenters. The van der Waals surface area contributed by atoms with Gasteiger partial charge in [0.25, 0.3) is 0 Å². The maximum atomic E-state index is 11.9. The Morgan fingerprint density at radius 2 is 1.65 bits per heavy atom. The number of rotatable bonds is 1. The van der Waals surface area contributed by atoms with Crippen molar-refractivity contribution in [2.45, 2.75) is 19.3 Å². The lowest BCUT2D eigenvalue weighted by molar-refractivity contribution is 0.0990. The highest BCUT2D eigenvalue weighted by Gasteiger charge is 2.28. The number of ketones is 1. The van der Waals surface area contributed by atoms with Crippen LogP contribution in [-0.4, -0.2) is 5.78 Å². The molecule has 1 nitrogen and oxygen atoms in total. The fourth-order valence-corrected chi connectivity index (χ4v) is 2.70. The maximum absolute atomic E-state index is 11.9. The molecule has 1 aliphatic carbocycles. The van der Waals surface area contributed by atoms with E-state index in [2.05, 4.69) is 25.1 Å². The Labute approximate surface area is 101 Å². The molecule has 0 aliphatic heterocycles. The lowest BCUT2D eigenvalue weighted by Gasteiger charge is -2.11. The van der Waals surface area contributed by atoms with Crippen LogP contribution in [0, 0.1) is 0 Å². The minimum Gasteiger partial charge on any atom is -0.294 e. The SMILES string of the molecule is CC1CC(=O)c2cccc(-c3ccccc3)c21. The second kappa shape index (κ2) is 3.85. The number of carbonyl (C=O) groups is 1. The molecule has 0 aromatic heterocycles. The minimum atomic E-state index is 0.283. The van der Waals surface area contributed by atoms with Gasteiger partial charge in [0.2, 0.25) is 0 Å². The van der Waals surface area contributed by atoms with E-state index in [1.807, 2.05) is 30.3 Å². The van der Waals surface area contributed by atoms with Gasteiger partial charge in [-0.3, -0.25) is 4.79 Å². The Balaban J connectivity index is 2.24. The molecule has 0 spiro atoms. The van der Waals surface area contributed by atoms with Crippen molar-refractivity contribution in [3.63, 3.8) is 0 Å². The fraction of sp³-hybridized carbons (Fsp3) is 0.188. The van der Waals surface area contributed by atoms with E-state index in [1.165, 1.54) is 16.7 Å². The zero-order chi connectivity index (χ0) is 11.8. The minimum absolute atomic E-state index is 0.283. The van der Waals surface area contributed by atoms with Gasteiger partial charge in [0.1, 0.15) is 0 Å². The number of fused-ring (bicyclic) bond motifs is 1. The molecule has 0 saturated heterocycles. The first-order valence-corrected chi connectivity index (χ1v) is 5.99. The molecule has 0 N–H and O–H groups in total. The first-order chi connectivity index (χ1) is 8.27. The van der Waals surface area contributed by atoms with Crippen molar-refractivity contribution in [1.29, 1.82) is 0 Å². The van der Waals surface area contributed by atoms with Crippen LogP contribution in [0.15, 0.2) is 48.5 Å². The quantitative estimate of drug-likeness (QED) is 0.711. The number of hydrogen-bond acceptors (Lipinski definition) is 1. The molecule has 84 valence electrons. The van der Waals surface area contributed by atoms with Gasteiger partial charge in [-0.15, -0.1) is 0 Å². The van der Waals surface area contributed by atoms with Gasteiger partial charge in [-0.25, -0.2) is 0 Å². The number of Topliss-reactive ketones (excluding diaryl/α,β-unsaturated/α-hetero) is 1. The van der Waals surface area contributed by atoms with Gasteiger partial charge in [0.15, 0.2) is 5.78 Å². The fourth-order valence-electron chi connectivity index (χ4n) is 2.70. The summed E-state index contributed by atoms with van der Waals surface area (Å²) in [6, 6.07) is 16.3. The van der Waals surface area contributed by atoms with Gasteiger partial charge in [-0.2, -0.15) is 0 Å². The maximum Gasteiger partial charge on any atom is 0.163 e. The summed E-state index contributed by atoms with van der Waals surface area (Å²) in [6.45, 7) is 2.14. The molecule has 0 heterocycles. The van der Waals surface area contributed by atoms with E-state index in [0.29, 0.717) is 12.3 Å². The first-order valence-electron chi connectivity index (χ1n) is 5.99. The van der Waals surface area contributed by atoms with E-state index in [9.17, 15) is 4.79 Å². The zero-order valence-electron chi connectivity index (χ0n) is 9.81. The molecule has 0 fully saturated rings. The summed E-state index contributed by atoms with van der Waals surface area (Å²) < 4.78 is 0. The highest BCUT2D eigenvalue weighted by molar-refractivity contribution is 6.03. The highest BCUT2D eigenvalue weighted by Crippen LogP contribution is 2.39. The summed E-state index contributed by atoms with van der Waals surface area (Å²) >= 11 is 0. The number of hydrogen-bond donors (Lipinski definition) is 0. The molecule has 2 aromatic rings. The Hall–Kier alpha value is -1.89. The van der Waals surface area contributed by atoms with Gasteiger partial charge in [0.05, 0.1) is 0 Å². The molecule has 0 bridgehead atoms. The summed E-state index contributed by atoms with van der Waals surface area (Å²) in [5.74, 6) is 0.624. The third-order valence-electron chi connectivity index (χ3n) is 3.48. The van der Waals surface area contributed by atoms with Crippen molar-refractivity contribution in [3.05, 3.63) is 59.7 Å². The largest absolute Gasteiger partial charge is 0.294 e. The third-order valence-corrected chi connectivity index (χ3v) is 3.48. The van der Waals surface area contributed by atoms with Crippen LogP contribution >= 0.6 is 0 Å². The lowest BCUT2D eigenvalue weighted by atomic mass is 9.92. The van der Waals surface area contributed by atoms with Gasteiger partial charge in [-0.1, -0.05) is 55.5 Å². The number of benzene rings is 2. The molecule has 3 rings (SSSR count). The molecule has 1 aliphatic rings. The molecule has 2 aromatic carbocycles. The van der Waals surface area contributed by atoms with Gasteiger partial charge < -0.3 is 0 Å². The standard InChI is InChI=1S/C16H14O/c1-11-10-15(17)14-9-5-8-13(16(11)14)12-6-3-2-4-7-12/h2-9,11H,10H2,1H3. The summed E-state index contributed by atoms with van der Waals surface area (Å²) in [4.78, 5) is 11.9. The van der Waals surface area contributed by atoms with Crippen molar-refractivity contribution in [3.8, 4) is 11.1 Å². The van der Waals surface area contributed by atoms with E-state index >= 15 is 0 Å². The summed E-state index contributed by atoms with van der Waals surface area (Å²) in [7, 11) is 0. The van der Waals surface area contributed by atoms with Crippen LogP contribution in [0.25, 0.3) is 11.1 Å². The van der Waals surface area contributed by atoms with Crippen LogP contribution < -0.4 is 0 Å². The van der Waals surface area contributed by atoms with Crippen LogP contribution in [-0.2, 0) is 0 Å². The van der Waals surface area contributed by atoms with Crippen LogP contribution in [0.5, 0.6) is 0 Å². The Morgan fingerprint density at radius 3 is 2.41 bits per heavy atom. The molecule has 1 heteroatoms. The van der Waals surface area contributed by atoms with E-state index in [-0.39, 0.29) is 5.78 Å². The van der Waals surface area contributed by atoms with Crippen LogP contribution in [0.4, 0.5) is 0 Å². The summed E-state index contributed by atoms with van der Waals surface area (Å²) in [5.41, 5.74) is 4.55. The van der Waals surface area contributed by atoms with Crippen molar-refractivity contribution in [2.24, 2.45) is 0 Å². The second-order valence-electron chi connectivity index (χ2n) is 4.66. The summed E-state index contributed by atoms with van der Waals surface area (Å²) in [6.07, 6.45) is 0.652. The molecular weight excluding hydrogens is 208 g/mol. The van der Waals surface area contributed by atoms with Crippen molar-refractivity contribution < 1.29 is 4.79 Å². The smallest absolute Gasteiger partial charge is 0.163 e. The van der Waals surface area contributed by atoms with Gasteiger partial charge in [-0.05, 0) is 22.6 Å². The number of carbonyl (C=O) groups excluding carboxylic acids is 1. The van der Waals surface area contributed by atoms with E-state index in [1.54, 1.807) is 0 Å². The Bertz CT molecular complexity index is 569. The van der Waals surface area contributed by atoms with Crippen LogP contribution in [0.2, 0.25) is 0 Å². The van der Waals surface area contributed by atoms with E-state index in [4.69, 9.17) is 0 Å². The lowest BCUT2D eigenvalue weighted by Crippen LogP contribution is -1.92. The van der Waals surface area contributed by atoms with Crippen molar-refractivity contribution >= 4 is 5.78 Å². The average molecular weight is 222 g/mol. The summed E-state index contributed by atoms with van der Waals surface area (Å²) in [5, 5.41) is 0. The van der Waals surface area contributed by atoms with Gasteiger partial charge >= 0.3 is 0 Å². The molecule has 0 radical (unpaired) electrons. The molecule has 17 heavy (non-hydrogen) atoms. The zero-order valence-corrected chi connectivity index (χ0v) is 9.81. The third kappa shape index (κ3) is 1.59. The van der Waals surface area contributed by atoms with Crippen molar-refractivity contribution in [1.82, 2.24) is 0 Å². The van der Waals surface area contributed by atoms with Crippen molar-refractivity contribution in [2.75, 3.05) is 0 Å². The Kier molecular flexibility index (Phi) is 2.32. The molecule has 0 saturated carbocycles. The molecular formula is C16H14O. The average Bonchev–Trinajstić information content (AvgIpc) is 2.66. The van der Waals surface area contributed by atoms with Crippen LogP contribution in [0.1, 0.15) is 35.2 Å². The predicted octanol–water partition coefficient (Wildman–Crippen LogP) is 4.04.